The van der Waals surface area contributed by atoms with Crippen LogP contribution in [0.15, 0.2) is 24.3 Å². The molecule has 0 saturated carbocycles. The standard InChI is InChI=1S/C23H28FN3O5/c1-15-20(16(2)25-21(15)23(30)31-3)19(28)14-27(8-7-26-9-11-32-12-10-26)22(29)17-5-4-6-18(24)13-17/h4-6,13,25H,7-12,14H2,1-3H3. The molecule has 0 aliphatic carbocycles. The molecule has 1 amide bonds. The van der Waals surface area contributed by atoms with Gasteiger partial charge in [0.1, 0.15) is 11.5 Å². The molecule has 3 rings (SSSR count). The highest BCUT2D eigenvalue weighted by Crippen LogP contribution is 2.20. The zero-order valence-corrected chi connectivity index (χ0v) is 18.6. The number of rotatable bonds is 8. The SMILES string of the molecule is COC(=O)c1[nH]c(C)c(C(=O)CN(CCN2CCOCC2)C(=O)c2cccc(F)c2)c1C. The van der Waals surface area contributed by atoms with Gasteiger partial charge in [0.2, 0.25) is 0 Å². The van der Waals surface area contributed by atoms with Gasteiger partial charge < -0.3 is 19.4 Å². The number of ether oxygens (including phenoxy) is 2. The molecule has 1 aliphatic rings. The highest BCUT2D eigenvalue weighted by molar-refractivity contribution is 6.05. The smallest absolute Gasteiger partial charge is 0.354 e. The van der Waals surface area contributed by atoms with Crippen molar-refractivity contribution in [3.63, 3.8) is 0 Å². The summed E-state index contributed by atoms with van der Waals surface area (Å²) in [5.41, 5.74) is 1.75. The average Bonchev–Trinajstić information content (AvgIpc) is 3.10. The molecule has 0 unspecified atom stereocenters. The Balaban J connectivity index is 1.82. The van der Waals surface area contributed by atoms with Crippen molar-refractivity contribution >= 4 is 17.7 Å². The Morgan fingerprint density at radius 3 is 2.59 bits per heavy atom. The van der Waals surface area contributed by atoms with E-state index in [4.69, 9.17) is 9.47 Å². The second-order valence-electron chi connectivity index (χ2n) is 7.73. The molecular weight excluding hydrogens is 417 g/mol. The van der Waals surface area contributed by atoms with Crippen LogP contribution in [-0.2, 0) is 9.47 Å². The molecule has 0 spiro atoms. The van der Waals surface area contributed by atoms with Gasteiger partial charge in [-0.05, 0) is 37.6 Å². The number of halogens is 1. The topological polar surface area (TPSA) is 91.9 Å². The first kappa shape index (κ1) is 23.6. The van der Waals surface area contributed by atoms with Crippen molar-refractivity contribution in [3.05, 3.63) is 58.2 Å². The number of nitrogens with one attached hydrogen (secondary N) is 1. The van der Waals surface area contributed by atoms with Gasteiger partial charge in [-0.25, -0.2) is 9.18 Å². The number of benzene rings is 1. The number of methoxy groups -OCH3 is 1. The van der Waals surface area contributed by atoms with Crippen LogP contribution in [0.3, 0.4) is 0 Å². The van der Waals surface area contributed by atoms with E-state index in [2.05, 4.69) is 9.88 Å². The van der Waals surface area contributed by atoms with Crippen LogP contribution in [0.25, 0.3) is 0 Å². The zero-order chi connectivity index (χ0) is 23.3. The van der Waals surface area contributed by atoms with Gasteiger partial charge in [-0.2, -0.15) is 0 Å². The minimum atomic E-state index is -0.565. The summed E-state index contributed by atoms with van der Waals surface area (Å²) in [7, 11) is 1.27. The van der Waals surface area contributed by atoms with Crippen molar-refractivity contribution in [2.24, 2.45) is 0 Å². The molecule has 1 saturated heterocycles. The van der Waals surface area contributed by atoms with Gasteiger partial charge >= 0.3 is 5.97 Å². The molecule has 1 aromatic heterocycles. The Morgan fingerprint density at radius 1 is 1.22 bits per heavy atom. The van der Waals surface area contributed by atoms with Gasteiger partial charge in [0.25, 0.3) is 5.91 Å². The fourth-order valence-electron chi connectivity index (χ4n) is 3.87. The van der Waals surface area contributed by atoms with E-state index in [1.807, 2.05) is 0 Å². The number of aryl methyl sites for hydroxylation is 1. The van der Waals surface area contributed by atoms with Crippen molar-refractivity contribution in [1.29, 1.82) is 0 Å². The first-order valence-electron chi connectivity index (χ1n) is 10.5. The van der Waals surface area contributed by atoms with E-state index in [-0.39, 0.29) is 23.6 Å². The second-order valence-corrected chi connectivity index (χ2v) is 7.73. The predicted molar refractivity (Wildman–Crippen MR) is 115 cm³/mol. The molecule has 2 heterocycles. The molecule has 8 nitrogen and oxygen atoms in total. The summed E-state index contributed by atoms with van der Waals surface area (Å²) in [6.45, 7) is 6.75. The minimum Gasteiger partial charge on any atom is -0.464 e. The van der Waals surface area contributed by atoms with Gasteiger partial charge in [-0.1, -0.05) is 6.07 Å². The summed E-state index contributed by atoms with van der Waals surface area (Å²) in [5.74, 6) is -1.82. The molecule has 1 aromatic carbocycles. The quantitative estimate of drug-likeness (QED) is 0.495. The van der Waals surface area contributed by atoms with E-state index >= 15 is 0 Å². The number of carbonyl (C=O) groups excluding carboxylic acids is 3. The number of ketones is 1. The highest BCUT2D eigenvalue weighted by Gasteiger charge is 2.26. The van der Waals surface area contributed by atoms with E-state index < -0.39 is 17.7 Å². The third-order valence-corrected chi connectivity index (χ3v) is 5.59. The van der Waals surface area contributed by atoms with Crippen molar-refractivity contribution in [2.45, 2.75) is 13.8 Å². The predicted octanol–water partition coefficient (Wildman–Crippen LogP) is 2.21. The number of Topliss-reactive ketones (excluding diaryl/α,β-unsaturated/α-hetero) is 1. The molecule has 1 aliphatic heterocycles. The summed E-state index contributed by atoms with van der Waals surface area (Å²) >= 11 is 0. The number of amides is 1. The Kier molecular flexibility index (Phi) is 7.76. The lowest BCUT2D eigenvalue weighted by Crippen LogP contribution is -2.44. The first-order valence-corrected chi connectivity index (χ1v) is 10.5. The van der Waals surface area contributed by atoms with Crippen molar-refractivity contribution in [2.75, 3.05) is 53.0 Å². The van der Waals surface area contributed by atoms with E-state index in [1.165, 1.54) is 30.2 Å². The van der Waals surface area contributed by atoms with Gasteiger partial charge in [-0.3, -0.25) is 14.5 Å². The molecule has 32 heavy (non-hydrogen) atoms. The first-order chi connectivity index (χ1) is 15.3. The Bertz CT molecular complexity index is 998. The van der Waals surface area contributed by atoms with Gasteiger partial charge in [0.05, 0.1) is 26.9 Å². The van der Waals surface area contributed by atoms with Crippen molar-refractivity contribution in [1.82, 2.24) is 14.8 Å². The Hall–Kier alpha value is -3.04. The summed E-state index contributed by atoms with van der Waals surface area (Å²) in [5, 5.41) is 0. The molecule has 0 radical (unpaired) electrons. The number of carbonyl (C=O) groups is 3. The van der Waals surface area contributed by atoms with Crippen LogP contribution < -0.4 is 0 Å². The molecule has 0 atom stereocenters. The maximum Gasteiger partial charge on any atom is 0.354 e. The number of hydrogen-bond donors (Lipinski definition) is 1. The monoisotopic (exact) mass is 445 g/mol. The molecule has 0 bridgehead atoms. The van der Waals surface area contributed by atoms with Gasteiger partial charge in [0, 0.05) is 43.0 Å². The summed E-state index contributed by atoms with van der Waals surface area (Å²) in [4.78, 5) is 44.8. The maximum absolute atomic E-state index is 13.7. The van der Waals surface area contributed by atoms with Crippen LogP contribution >= 0.6 is 0 Å². The van der Waals surface area contributed by atoms with Crippen LogP contribution in [0.2, 0.25) is 0 Å². The lowest BCUT2D eigenvalue weighted by molar-refractivity contribution is 0.0323. The van der Waals surface area contributed by atoms with Gasteiger partial charge in [0.15, 0.2) is 5.78 Å². The van der Waals surface area contributed by atoms with E-state index in [0.29, 0.717) is 43.1 Å². The maximum atomic E-state index is 13.7. The van der Waals surface area contributed by atoms with Gasteiger partial charge in [-0.15, -0.1) is 0 Å². The Labute approximate surface area is 186 Å². The number of aromatic nitrogens is 1. The van der Waals surface area contributed by atoms with Crippen LogP contribution in [-0.4, -0.2) is 85.5 Å². The number of aromatic amines is 1. The van der Waals surface area contributed by atoms with Crippen molar-refractivity contribution in [3.8, 4) is 0 Å². The highest BCUT2D eigenvalue weighted by atomic mass is 19.1. The molecule has 172 valence electrons. The normalized spacial score (nSPS) is 14.2. The van der Waals surface area contributed by atoms with E-state index in [1.54, 1.807) is 13.8 Å². The lowest BCUT2D eigenvalue weighted by Gasteiger charge is -2.30. The number of esters is 1. The van der Waals surface area contributed by atoms with Crippen LogP contribution in [0.4, 0.5) is 4.39 Å². The van der Waals surface area contributed by atoms with Crippen LogP contribution in [0.5, 0.6) is 0 Å². The fraction of sp³-hybridized carbons (Fsp3) is 0.435. The third kappa shape index (κ3) is 5.41. The number of nitrogens with zero attached hydrogens (tertiary/aromatic N) is 2. The molecular formula is C23H28FN3O5. The molecule has 1 fully saturated rings. The number of H-pyrrole nitrogens is 1. The summed E-state index contributed by atoms with van der Waals surface area (Å²) < 4.78 is 23.8. The van der Waals surface area contributed by atoms with Crippen molar-refractivity contribution < 1.29 is 28.2 Å². The lowest BCUT2D eigenvalue weighted by atomic mass is 10.0. The molecule has 2 aromatic rings. The Morgan fingerprint density at radius 2 is 1.94 bits per heavy atom. The van der Waals surface area contributed by atoms with E-state index in [9.17, 15) is 18.8 Å². The third-order valence-electron chi connectivity index (χ3n) is 5.59. The second kappa shape index (κ2) is 10.5. The fourth-order valence-corrected chi connectivity index (χ4v) is 3.87. The summed E-state index contributed by atoms with van der Waals surface area (Å²) in [6, 6.07) is 5.42. The molecule has 9 heteroatoms. The average molecular weight is 445 g/mol. The minimum absolute atomic E-state index is 0.178. The zero-order valence-electron chi connectivity index (χ0n) is 18.6. The van der Waals surface area contributed by atoms with Crippen LogP contribution in [0, 0.1) is 19.7 Å². The number of hydrogen-bond acceptors (Lipinski definition) is 6. The largest absolute Gasteiger partial charge is 0.464 e. The summed E-state index contributed by atoms with van der Waals surface area (Å²) in [6.07, 6.45) is 0. The van der Waals surface area contributed by atoms with Crippen LogP contribution in [0.1, 0.15) is 42.5 Å². The van der Waals surface area contributed by atoms with E-state index in [0.717, 1.165) is 19.2 Å². The number of morpholine rings is 1. The molecule has 1 N–H and O–H groups in total.